The predicted octanol–water partition coefficient (Wildman–Crippen LogP) is 2.62. The van der Waals surface area contributed by atoms with E-state index in [1.807, 2.05) is 37.3 Å². The minimum Gasteiger partial charge on any atom is -0.497 e. The molecular formula is C20H25NO4S. The summed E-state index contributed by atoms with van der Waals surface area (Å²) in [4.78, 5) is 0.329. The lowest BCUT2D eigenvalue weighted by Crippen LogP contribution is -2.29. The standard InChI is InChI=1S/C20H25NO4S/c1-3-25-14-20(13-21)18(15-9-11-16(24-2)12-10-15)19(20)26(22,23)17-7-5-4-6-8-17/h4-12,18-19H,3,13-14,21H2,1-2H3/t18-,19-,20+/m0/s1. The summed E-state index contributed by atoms with van der Waals surface area (Å²) in [6, 6.07) is 16.1. The van der Waals surface area contributed by atoms with E-state index in [1.54, 1.807) is 31.4 Å². The lowest BCUT2D eigenvalue weighted by Gasteiger charge is -2.16. The maximum atomic E-state index is 13.3. The summed E-state index contributed by atoms with van der Waals surface area (Å²) in [6.45, 7) is 3.00. The molecule has 0 aliphatic heterocycles. The molecule has 2 aromatic carbocycles. The highest BCUT2D eigenvalue weighted by atomic mass is 32.2. The molecule has 26 heavy (non-hydrogen) atoms. The monoisotopic (exact) mass is 375 g/mol. The first-order valence-electron chi connectivity index (χ1n) is 8.72. The van der Waals surface area contributed by atoms with Gasteiger partial charge in [0.25, 0.3) is 0 Å². The molecule has 1 saturated carbocycles. The van der Waals surface area contributed by atoms with Crippen LogP contribution in [0.1, 0.15) is 18.4 Å². The van der Waals surface area contributed by atoms with Gasteiger partial charge in [-0.1, -0.05) is 30.3 Å². The molecule has 3 rings (SSSR count). The third kappa shape index (κ3) is 3.13. The van der Waals surface area contributed by atoms with E-state index < -0.39 is 20.5 Å². The SMILES string of the molecule is CCOC[C@]1(CN)[C@@H](c2ccc(OC)cc2)[C@@H]1S(=O)(=O)c1ccccc1. The number of rotatable bonds is 8. The van der Waals surface area contributed by atoms with Gasteiger partial charge in [-0.25, -0.2) is 8.42 Å². The Balaban J connectivity index is 2.02. The van der Waals surface area contributed by atoms with Crippen LogP contribution in [0.15, 0.2) is 59.5 Å². The van der Waals surface area contributed by atoms with Crippen molar-refractivity contribution in [2.75, 3.05) is 26.9 Å². The lowest BCUT2D eigenvalue weighted by atomic mass is 10.00. The van der Waals surface area contributed by atoms with Gasteiger partial charge < -0.3 is 15.2 Å². The normalized spacial score (nSPS) is 25.0. The summed E-state index contributed by atoms with van der Waals surface area (Å²) in [7, 11) is -1.91. The van der Waals surface area contributed by atoms with Crippen molar-refractivity contribution >= 4 is 9.84 Å². The zero-order valence-electron chi connectivity index (χ0n) is 15.1. The highest BCUT2D eigenvalue weighted by Crippen LogP contribution is 2.63. The Labute approximate surface area is 155 Å². The van der Waals surface area contributed by atoms with Crippen molar-refractivity contribution in [1.29, 1.82) is 0 Å². The minimum absolute atomic E-state index is 0.199. The third-order valence-corrected chi connectivity index (χ3v) is 7.55. The molecule has 6 heteroatoms. The first-order chi connectivity index (χ1) is 12.5. The van der Waals surface area contributed by atoms with Gasteiger partial charge in [0, 0.05) is 24.5 Å². The number of hydrogen-bond acceptors (Lipinski definition) is 5. The number of hydrogen-bond donors (Lipinski definition) is 1. The van der Waals surface area contributed by atoms with E-state index in [0.29, 0.717) is 18.1 Å². The molecule has 0 saturated heterocycles. The number of benzene rings is 2. The van der Waals surface area contributed by atoms with Gasteiger partial charge in [0.2, 0.25) is 0 Å². The highest BCUT2D eigenvalue weighted by molar-refractivity contribution is 7.92. The van der Waals surface area contributed by atoms with Gasteiger partial charge in [0.15, 0.2) is 9.84 Å². The Morgan fingerprint density at radius 1 is 1.08 bits per heavy atom. The summed E-state index contributed by atoms with van der Waals surface area (Å²) < 4.78 is 37.5. The van der Waals surface area contributed by atoms with Crippen LogP contribution in [0.3, 0.4) is 0 Å². The number of ether oxygens (including phenoxy) is 2. The fourth-order valence-electron chi connectivity index (χ4n) is 3.78. The largest absolute Gasteiger partial charge is 0.497 e. The van der Waals surface area contributed by atoms with Gasteiger partial charge in [-0.15, -0.1) is 0 Å². The van der Waals surface area contributed by atoms with E-state index >= 15 is 0 Å². The zero-order valence-corrected chi connectivity index (χ0v) is 15.9. The summed E-state index contributed by atoms with van der Waals surface area (Å²) in [5, 5.41) is -0.595. The van der Waals surface area contributed by atoms with Gasteiger partial charge in [-0.05, 0) is 36.8 Å². The van der Waals surface area contributed by atoms with Crippen LogP contribution in [-0.2, 0) is 14.6 Å². The second-order valence-corrected chi connectivity index (χ2v) is 8.67. The number of sulfone groups is 1. The molecule has 0 radical (unpaired) electrons. The van der Waals surface area contributed by atoms with E-state index in [-0.39, 0.29) is 12.5 Å². The van der Waals surface area contributed by atoms with Gasteiger partial charge >= 0.3 is 0 Å². The van der Waals surface area contributed by atoms with Crippen LogP contribution in [0, 0.1) is 5.41 Å². The van der Waals surface area contributed by atoms with Crippen LogP contribution in [0.25, 0.3) is 0 Å². The molecular weight excluding hydrogens is 350 g/mol. The van der Waals surface area contributed by atoms with Gasteiger partial charge in [-0.3, -0.25) is 0 Å². The highest BCUT2D eigenvalue weighted by Gasteiger charge is 2.70. The Morgan fingerprint density at radius 3 is 2.27 bits per heavy atom. The Kier molecular flexibility index (Phi) is 5.37. The molecule has 0 spiro atoms. The van der Waals surface area contributed by atoms with E-state index in [2.05, 4.69) is 0 Å². The minimum atomic E-state index is -3.52. The molecule has 2 N–H and O–H groups in total. The topological polar surface area (TPSA) is 78.6 Å². The average Bonchev–Trinajstić information content (AvgIpc) is 3.37. The van der Waals surface area contributed by atoms with Crippen LogP contribution < -0.4 is 10.5 Å². The number of nitrogens with two attached hydrogens (primary N) is 1. The molecule has 0 amide bonds. The van der Waals surface area contributed by atoms with E-state index in [1.165, 1.54) is 0 Å². The van der Waals surface area contributed by atoms with Crippen LogP contribution in [-0.4, -0.2) is 40.5 Å². The summed E-state index contributed by atoms with van der Waals surface area (Å²) in [6.07, 6.45) is 0. The van der Waals surface area contributed by atoms with E-state index in [4.69, 9.17) is 15.2 Å². The third-order valence-electron chi connectivity index (χ3n) is 5.22. The van der Waals surface area contributed by atoms with Crippen LogP contribution >= 0.6 is 0 Å². The molecule has 0 bridgehead atoms. The summed E-state index contributed by atoms with van der Waals surface area (Å²) in [5.74, 6) is 0.537. The first kappa shape index (κ1) is 18.9. The van der Waals surface area contributed by atoms with Crippen molar-refractivity contribution in [2.45, 2.75) is 23.0 Å². The van der Waals surface area contributed by atoms with Crippen LogP contribution in [0.4, 0.5) is 0 Å². The molecule has 140 valence electrons. The molecule has 0 heterocycles. The van der Waals surface area contributed by atoms with Crippen molar-refractivity contribution in [3.63, 3.8) is 0 Å². The average molecular weight is 375 g/mol. The van der Waals surface area contributed by atoms with Crippen molar-refractivity contribution in [2.24, 2.45) is 11.1 Å². The van der Waals surface area contributed by atoms with Crippen molar-refractivity contribution in [3.05, 3.63) is 60.2 Å². The van der Waals surface area contributed by atoms with Crippen LogP contribution in [0.5, 0.6) is 5.75 Å². The maximum absolute atomic E-state index is 13.3. The molecule has 5 nitrogen and oxygen atoms in total. The second-order valence-electron chi connectivity index (χ2n) is 6.60. The van der Waals surface area contributed by atoms with Gasteiger partial charge in [0.05, 0.1) is 23.9 Å². The maximum Gasteiger partial charge on any atom is 0.182 e. The van der Waals surface area contributed by atoms with Gasteiger partial charge in [0.1, 0.15) is 5.75 Å². The molecule has 0 unspecified atom stereocenters. The molecule has 2 aromatic rings. The molecule has 3 atom stereocenters. The van der Waals surface area contributed by atoms with Gasteiger partial charge in [-0.2, -0.15) is 0 Å². The molecule has 1 aliphatic carbocycles. The predicted molar refractivity (Wildman–Crippen MR) is 101 cm³/mol. The smallest absolute Gasteiger partial charge is 0.182 e. The van der Waals surface area contributed by atoms with Crippen molar-refractivity contribution < 1.29 is 17.9 Å². The summed E-state index contributed by atoms with van der Waals surface area (Å²) >= 11 is 0. The van der Waals surface area contributed by atoms with Crippen LogP contribution in [0.2, 0.25) is 0 Å². The zero-order chi connectivity index (χ0) is 18.8. The number of methoxy groups -OCH3 is 1. The van der Waals surface area contributed by atoms with E-state index in [9.17, 15) is 8.42 Å². The Bertz CT molecular complexity index is 836. The van der Waals surface area contributed by atoms with E-state index in [0.717, 1.165) is 11.3 Å². The fraction of sp³-hybridized carbons (Fsp3) is 0.400. The quantitative estimate of drug-likeness (QED) is 0.767. The second kappa shape index (κ2) is 7.39. The Hall–Kier alpha value is -1.89. The first-order valence-corrected chi connectivity index (χ1v) is 10.3. The lowest BCUT2D eigenvalue weighted by molar-refractivity contribution is 0.101. The molecule has 1 aliphatic rings. The molecule has 1 fully saturated rings. The van der Waals surface area contributed by atoms with Crippen molar-refractivity contribution in [1.82, 2.24) is 0 Å². The van der Waals surface area contributed by atoms with Crippen molar-refractivity contribution in [3.8, 4) is 5.75 Å². The fourth-order valence-corrected chi connectivity index (χ4v) is 6.25. The Morgan fingerprint density at radius 2 is 1.73 bits per heavy atom. The summed E-state index contributed by atoms with van der Waals surface area (Å²) in [5.41, 5.74) is 6.42. The molecule has 0 aromatic heterocycles.